The number of rotatable bonds is 16. The summed E-state index contributed by atoms with van der Waals surface area (Å²) in [5.74, 6) is 0. The summed E-state index contributed by atoms with van der Waals surface area (Å²) in [6, 6.07) is 0. The maximum atomic E-state index is 14.1. The Bertz CT molecular complexity index is 1110. The van der Waals surface area contributed by atoms with Crippen molar-refractivity contribution in [3.63, 3.8) is 0 Å². The van der Waals surface area contributed by atoms with Gasteiger partial charge in [0.05, 0.1) is 0 Å². The van der Waals surface area contributed by atoms with Gasteiger partial charge in [0.25, 0.3) is 0 Å². The van der Waals surface area contributed by atoms with E-state index < -0.39 is 78.1 Å². The predicted molar refractivity (Wildman–Crippen MR) is 163 cm³/mol. The molecule has 21 heteroatoms. The van der Waals surface area contributed by atoms with Gasteiger partial charge >= 0.3 is 256 Å². The topological polar surface area (TPSA) is 173 Å². The number of hydrogen-bond donors (Lipinski definition) is 0. The molecule has 2 aliphatic heterocycles. The van der Waals surface area contributed by atoms with E-state index in [0.29, 0.717) is 0 Å². The summed E-state index contributed by atoms with van der Waals surface area (Å²) in [4.78, 5) is 0. The Morgan fingerprint density at radius 2 is 0.884 bits per heavy atom. The van der Waals surface area contributed by atoms with Crippen molar-refractivity contribution < 1.29 is 68.0 Å². The molecule has 0 aromatic heterocycles. The standard InChI is InChI=1S/C22H50NO15P5/c1-20(2)17-23(15-18(39(24,28-7)29-8)40(25,30-9)31-10)43(36-20,37-21(3,4)22(5,6)38-43)16-19(41(26,32-11)33-12)42(27,34-13)35-14/h18-19H,15-17H2,1-14H3. The van der Waals surface area contributed by atoms with E-state index >= 15 is 0 Å². The van der Waals surface area contributed by atoms with Crippen LogP contribution in [-0.4, -0.2) is 108 Å². The van der Waals surface area contributed by atoms with Crippen molar-refractivity contribution in [3.8, 4) is 0 Å². The summed E-state index contributed by atoms with van der Waals surface area (Å²) in [5, 5.41) is -3.19. The van der Waals surface area contributed by atoms with Crippen LogP contribution < -0.4 is 0 Å². The number of hydrogen-bond acceptors (Lipinski definition) is 16. The Kier molecular flexibility index (Phi) is 12.2. The molecule has 2 fully saturated rings. The van der Waals surface area contributed by atoms with Gasteiger partial charge in [0, 0.05) is 0 Å². The summed E-state index contributed by atoms with van der Waals surface area (Å²) in [7, 11) is -13.0. The van der Waals surface area contributed by atoms with Gasteiger partial charge in [-0.15, -0.1) is 0 Å². The SMILES string of the molecule is COP(=O)(OC)C(CN1CC(C)(C)OP12(CC(P(=O)(OC)OC)P(=O)(OC)OC)OC(C)(C)C(C)(C)O2)P(=O)(OC)OC. The molecule has 2 aliphatic rings. The fourth-order valence-corrected chi connectivity index (χ4v) is 23.1. The van der Waals surface area contributed by atoms with Crippen molar-refractivity contribution in [1.82, 2.24) is 4.67 Å². The molecule has 0 N–H and O–H groups in total. The molecule has 0 aliphatic carbocycles. The van der Waals surface area contributed by atoms with Gasteiger partial charge in [0.15, 0.2) is 0 Å². The first-order valence-electron chi connectivity index (χ1n) is 13.2. The van der Waals surface area contributed by atoms with E-state index in [1.165, 1.54) is 0 Å². The molecule has 0 saturated carbocycles. The Morgan fingerprint density at radius 1 is 0.581 bits per heavy atom. The van der Waals surface area contributed by atoms with Crippen LogP contribution in [0.5, 0.6) is 0 Å². The van der Waals surface area contributed by atoms with Crippen LogP contribution in [0.2, 0.25) is 0 Å². The van der Waals surface area contributed by atoms with Crippen LogP contribution in [-0.2, 0) is 68.0 Å². The zero-order chi connectivity index (χ0) is 33.6. The normalized spacial score (nSPS) is 24.5. The third-order valence-electron chi connectivity index (χ3n) is 8.14. The monoisotopic (exact) mass is 723 g/mol. The van der Waals surface area contributed by atoms with Crippen molar-refractivity contribution >= 4 is 37.8 Å². The molecule has 2 saturated heterocycles. The maximum absolute atomic E-state index is 14.1. The minimum absolute atomic E-state index is 0.0373. The van der Waals surface area contributed by atoms with E-state index in [1.807, 2.05) is 0 Å². The molecular weight excluding hydrogens is 673 g/mol. The average Bonchev–Trinajstić information content (AvgIpc) is 3.27. The van der Waals surface area contributed by atoms with E-state index in [2.05, 4.69) is 0 Å². The zero-order valence-corrected chi connectivity index (χ0v) is 32.1. The van der Waals surface area contributed by atoms with E-state index in [0.717, 1.165) is 56.9 Å². The van der Waals surface area contributed by atoms with Crippen LogP contribution in [0.15, 0.2) is 0 Å². The molecular formula is C22H50NO15P5. The molecule has 16 nitrogen and oxygen atoms in total. The van der Waals surface area contributed by atoms with E-state index in [-0.39, 0.29) is 6.54 Å². The van der Waals surface area contributed by atoms with E-state index in [1.54, 1.807) is 46.2 Å². The third-order valence-corrected chi connectivity index (χ3v) is 24.7. The average molecular weight is 724 g/mol. The zero-order valence-electron chi connectivity index (χ0n) is 27.6. The molecule has 1 spiro atoms. The van der Waals surface area contributed by atoms with Crippen molar-refractivity contribution in [2.75, 3.05) is 76.1 Å². The fraction of sp³-hybridized carbons (Fsp3) is 1.00. The second-order valence-corrected chi connectivity index (χ2v) is 25.7. The predicted octanol–water partition coefficient (Wildman–Crippen LogP) is 6.51. The van der Waals surface area contributed by atoms with Crippen LogP contribution in [0.3, 0.4) is 0 Å². The van der Waals surface area contributed by atoms with Crippen molar-refractivity contribution in [1.29, 1.82) is 0 Å². The van der Waals surface area contributed by atoms with E-state index in [9.17, 15) is 18.3 Å². The van der Waals surface area contributed by atoms with Crippen LogP contribution in [0.1, 0.15) is 41.5 Å². The fourth-order valence-electron chi connectivity index (χ4n) is 5.37. The Hall–Kier alpha value is 0.870. The molecule has 2 heterocycles. The third kappa shape index (κ3) is 6.90. The van der Waals surface area contributed by atoms with Gasteiger partial charge in [-0.3, -0.25) is 0 Å². The molecule has 43 heavy (non-hydrogen) atoms. The van der Waals surface area contributed by atoms with Crippen LogP contribution >= 0.6 is 37.8 Å². The first-order valence-corrected chi connectivity index (χ1v) is 21.8. The Balaban J connectivity index is 3.05. The second kappa shape index (κ2) is 13.1. The van der Waals surface area contributed by atoms with Gasteiger partial charge in [-0.05, 0) is 0 Å². The molecule has 2 rings (SSSR count). The van der Waals surface area contributed by atoms with Gasteiger partial charge in [-0.1, -0.05) is 0 Å². The molecule has 0 aromatic carbocycles. The Labute approximate surface area is 255 Å². The molecule has 0 unspecified atom stereocenters. The van der Waals surface area contributed by atoms with Crippen LogP contribution in [0.4, 0.5) is 0 Å². The first-order chi connectivity index (χ1) is 19.5. The van der Waals surface area contributed by atoms with Crippen LogP contribution in [0.25, 0.3) is 0 Å². The molecule has 258 valence electrons. The van der Waals surface area contributed by atoms with Gasteiger partial charge in [0.1, 0.15) is 0 Å². The van der Waals surface area contributed by atoms with Gasteiger partial charge < -0.3 is 0 Å². The summed E-state index contributed by atoms with van der Waals surface area (Å²) in [6.07, 6.45) is -0.527. The van der Waals surface area contributed by atoms with Crippen molar-refractivity contribution in [2.45, 2.75) is 69.1 Å². The Morgan fingerprint density at radius 3 is 1.19 bits per heavy atom. The van der Waals surface area contributed by atoms with Gasteiger partial charge in [-0.25, -0.2) is 0 Å². The molecule has 0 amide bonds. The summed E-state index contributed by atoms with van der Waals surface area (Å²) >= 11 is 0. The number of nitrogens with zero attached hydrogens (tertiary/aromatic N) is 1. The summed E-state index contributed by atoms with van der Waals surface area (Å²) < 4.78 is 121. The molecule has 0 atom stereocenters. The molecule has 0 aromatic rings. The van der Waals surface area contributed by atoms with Crippen molar-refractivity contribution in [2.24, 2.45) is 0 Å². The minimum atomic E-state index is -5.00. The molecule has 0 bridgehead atoms. The summed E-state index contributed by atoms with van der Waals surface area (Å²) in [6.45, 7) is 10.2. The van der Waals surface area contributed by atoms with Crippen molar-refractivity contribution in [3.05, 3.63) is 0 Å². The van der Waals surface area contributed by atoms with Gasteiger partial charge in [0.2, 0.25) is 0 Å². The van der Waals surface area contributed by atoms with Crippen LogP contribution in [0, 0.1) is 0 Å². The second-order valence-electron chi connectivity index (χ2n) is 11.7. The van der Waals surface area contributed by atoms with E-state index in [4.69, 9.17) is 49.8 Å². The quantitative estimate of drug-likeness (QED) is 0.158. The summed E-state index contributed by atoms with van der Waals surface area (Å²) in [5.41, 5.74) is -3.22. The molecule has 0 radical (unpaired) electrons. The van der Waals surface area contributed by atoms with Gasteiger partial charge in [-0.2, -0.15) is 0 Å². The first kappa shape index (κ1) is 40.0.